The van der Waals surface area contributed by atoms with Gasteiger partial charge in [-0.05, 0) is 57.5 Å². The number of fused-ring (bicyclic) bond motifs is 1. The highest BCUT2D eigenvalue weighted by atomic mass is 32.2. The number of nitrogens with zero attached hydrogens (tertiary/aromatic N) is 3. The minimum atomic E-state index is -0.736. The van der Waals surface area contributed by atoms with Crippen LogP contribution in [0.5, 0.6) is 0 Å². The summed E-state index contributed by atoms with van der Waals surface area (Å²) in [4.78, 5) is 1.21. The number of aliphatic hydroxyl groups excluding tert-OH is 2. The van der Waals surface area contributed by atoms with Gasteiger partial charge in [-0.3, -0.25) is 4.40 Å². The van der Waals surface area contributed by atoms with E-state index in [2.05, 4.69) is 36.7 Å². The molecule has 0 spiro atoms. The molecule has 0 aliphatic heterocycles. The summed E-state index contributed by atoms with van der Waals surface area (Å²) in [6.07, 6.45) is 4.71. The monoisotopic (exact) mass is 435 g/mol. The first kappa shape index (κ1) is 25.5. The first-order valence-corrected chi connectivity index (χ1v) is 9.95. The van der Waals surface area contributed by atoms with E-state index in [1.54, 1.807) is 29.9 Å². The van der Waals surface area contributed by atoms with E-state index in [-0.39, 0.29) is 6.61 Å². The number of hydrogen-bond donors (Lipinski definition) is 2. The van der Waals surface area contributed by atoms with Crippen LogP contribution in [-0.2, 0) is 0 Å². The number of allylic oxidation sites excluding steroid dienone is 2. The second-order valence-electron chi connectivity index (χ2n) is 6.55. The Morgan fingerprint density at radius 1 is 1.23 bits per heavy atom. The molecule has 162 valence electrons. The Balaban J connectivity index is 0.000000313. The molecule has 2 aromatic heterocycles. The molecule has 8 heteroatoms. The lowest BCUT2D eigenvalue weighted by atomic mass is 10.2. The molecular formula is C22H27F2N3O2S. The Labute approximate surface area is 179 Å². The van der Waals surface area contributed by atoms with E-state index in [0.29, 0.717) is 10.5 Å². The van der Waals surface area contributed by atoms with Gasteiger partial charge < -0.3 is 10.2 Å². The quantitative estimate of drug-likeness (QED) is 0.562. The Morgan fingerprint density at radius 2 is 1.90 bits per heavy atom. The van der Waals surface area contributed by atoms with Crippen molar-refractivity contribution >= 4 is 17.4 Å². The van der Waals surface area contributed by atoms with Crippen LogP contribution in [0, 0.1) is 11.6 Å². The molecule has 0 aliphatic carbocycles. The molecule has 30 heavy (non-hydrogen) atoms. The normalized spacial score (nSPS) is 10.9. The molecule has 0 radical (unpaired) electrons. The fourth-order valence-corrected chi connectivity index (χ4v) is 2.56. The predicted octanol–water partition coefficient (Wildman–Crippen LogP) is 5.05. The van der Waals surface area contributed by atoms with Gasteiger partial charge in [-0.15, -0.1) is 10.2 Å². The number of hydrogen-bond acceptors (Lipinski definition) is 5. The molecular weight excluding hydrogens is 408 g/mol. The Bertz CT molecular complexity index is 985. The standard InChI is InChI=1S/C12H7F2N3S.C5H10O2.C5H10/c13-8-1-3-11(10(14)5-8)18-9-2-4-12-16-15-7-17(12)6-9;1-4(2)5(7)3-6;1-4-5(2)3/h1-7H;5-7H,1,3H2,2H3;4H,1-3H3. The highest BCUT2D eigenvalue weighted by Crippen LogP contribution is 2.30. The van der Waals surface area contributed by atoms with Gasteiger partial charge in [-0.2, -0.15) is 0 Å². The molecule has 2 N–H and O–H groups in total. The molecule has 0 amide bonds. The van der Waals surface area contributed by atoms with E-state index in [1.165, 1.54) is 29.5 Å². The summed E-state index contributed by atoms with van der Waals surface area (Å²) < 4.78 is 28.0. The minimum Gasteiger partial charge on any atom is -0.393 e. The summed E-state index contributed by atoms with van der Waals surface area (Å²) in [5.74, 6) is -1.14. The van der Waals surface area contributed by atoms with Crippen LogP contribution in [0.2, 0.25) is 0 Å². The van der Waals surface area contributed by atoms with Gasteiger partial charge in [-0.1, -0.05) is 30.0 Å². The van der Waals surface area contributed by atoms with Crippen molar-refractivity contribution in [3.8, 4) is 0 Å². The van der Waals surface area contributed by atoms with Gasteiger partial charge in [-0.25, -0.2) is 8.78 Å². The van der Waals surface area contributed by atoms with Crippen LogP contribution in [0.1, 0.15) is 27.7 Å². The van der Waals surface area contributed by atoms with Crippen LogP contribution in [-0.4, -0.2) is 37.5 Å². The molecule has 0 saturated heterocycles. The van der Waals surface area contributed by atoms with Gasteiger partial charge in [0.05, 0.1) is 12.7 Å². The molecule has 5 nitrogen and oxygen atoms in total. The molecule has 0 bridgehead atoms. The van der Waals surface area contributed by atoms with Crippen LogP contribution in [0.25, 0.3) is 5.65 Å². The summed E-state index contributed by atoms with van der Waals surface area (Å²) in [6, 6.07) is 7.14. The minimum absolute atomic E-state index is 0.227. The van der Waals surface area contributed by atoms with Crippen molar-refractivity contribution in [3.63, 3.8) is 0 Å². The molecule has 2 heterocycles. The van der Waals surface area contributed by atoms with Crippen molar-refractivity contribution in [2.24, 2.45) is 0 Å². The summed E-state index contributed by atoms with van der Waals surface area (Å²) in [5, 5.41) is 24.4. The van der Waals surface area contributed by atoms with Crippen LogP contribution >= 0.6 is 11.8 Å². The zero-order chi connectivity index (χ0) is 22.7. The molecule has 1 aromatic carbocycles. The van der Waals surface area contributed by atoms with E-state index < -0.39 is 17.7 Å². The molecule has 1 unspecified atom stereocenters. The second-order valence-corrected chi connectivity index (χ2v) is 7.66. The molecule has 0 saturated carbocycles. The number of halogens is 2. The molecule has 3 rings (SSSR count). The van der Waals surface area contributed by atoms with Crippen LogP contribution in [0.4, 0.5) is 8.78 Å². The van der Waals surface area contributed by atoms with Crippen molar-refractivity contribution < 1.29 is 19.0 Å². The third-order valence-electron chi connectivity index (χ3n) is 3.70. The van der Waals surface area contributed by atoms with E-state index in [9.17, 15) is 8.78 Å². The summed E-state index contributed by atoms with van der Waals surface area (Å²) >= 11 is 1.22. The van der Waals surface area contributed by atoms with Crippen molar-refractivity contribution in [3.05, 3.63) is 78.3 Å². The second kappa shape index (κ2) is 12.9. The highest BCUT2D eigenvalue weighted by molar-refractivity contribution is 7.99. The Kier molecular flexibility index (Phi) is 11.0. The third-order valence-corrected chi connectivity index (χ3v) is 4.73. The van der Waals surface area contributed by atoms with Crippen LogP contribution in [0.15, 0.2) is 76.4 Å². The van der Waals surface area contributed by atoms with Crippen molar-refractivity contribution in [1.82, 2.24) is 14.6 Å². The number of aliphatic hydroxyl groups is 2. The molecule has 3 aromatic rings. The van der Waals surface area contributed by atoms with E-state index in [1.807, 2.05) is 13.0 Å². The maximum atomic E-state index is 13.5. The van der Waals surface area contributed by atoms with Gasteiger partial charge in [0, 0.05) is 22.1 Å². The maximum Gasteiger partial charge on any atom is 0.160 e. The lowest BCUT2D eigenvalue weighted by Gasteiger charge is -2.03. The third kappa shape index (κ3) is 8.86. The number of pyridine rings is 1. The average Bonchev–Trinajstić information content (AvgIpc) is 3.18. The number of benzene rings is 1. The average molecular weight is 436 g/mol. The van der Waals surface area contributed by atoms with E-state index in [4.69, 9.17) is 10.2 Å². The van der Waals surface area contributed by atoms with Gasteiger partial charge in [0.2, 0.25) is 0 Å². The summed E-state index contributed by atoms with van der Waals surface area (Å²) in [7, 11) is 0. The SMILES string of the molecule is C=C(C)C(O)CO.CC=C(C)C.Fc1ccc(Sc2ccc3nncn3c2)c(F)c1. The first-order chi connectivity index (χ1) is 14.2. The lowest BCUT2D eigenvalue weighted by Crippen LogP contribution is -2.11. The fraction of sp³-hybridized carbons (Fsp3) is 0.273. The lowest BCUT2D eigenvalue weighted by molar-refractivity contribution is 0.123. The molecule has 0 fully saturated rings. The maximum absolute atomic E-state index is 13.5. The zero-order valence-corrected chi connectivity index (χ0v) is 18.3. The Hall–Kier alpha value is -2.55. The van der Waals surface area contributed by atoms with Gasteiger partial charge in [0.15, 0.2) is 5.65 Å². The molecule has 1 atom stereocenters. The van der Waals surface area contributed by atoms with Gasteiger partial charge in [0.25, 0.3) is 0 Å². The van der Waals surface area contributed by atoms with E-state index in [0.717, 1.165) is 16.6 Å². The van der Waals surface area contributed by atoms with Crippen molar-refractivity contribution in [2.75, 3.05) is 6.61 Å². The number of rotatable bonds is 4. The van der Waals surface area contributed by atoms with Gasteiger partial charge in [0.1, 0.15) is 18.0 Å². The van der Waals surface area contributed by atoms with Crippen molar-refractivity contribution in [2.45, 2.75) is 43.6 Å². The smallest absolute Gasteiger partial charge is 0.160 e. The topological polar surface area (TPSA) is 70.7 Å². The predicted molar refractivity (Wildman–Crippen MR) is 116 cm³/mol. The Morgan fingerprint density at radius 3 is 2.40 bits per heavy atom. The van der Waals surface area contributed by atoms with Crippen LogP contribution in [0.3, 0.4) is 0 Å². The highest BCUT2D eigenvalue weighted by Gasteiger charge is 2.06. The summed E-state index contributed by atoms with van der Waals surface area (Å²) in [6.45, 7) is 11.1. The molecule has 0 aliphatic rings. The number of aromatic nitrogens is 3. The van der Waals surface area contributed by atoms with Crippen molar-refractivity contribution in [1.29, 1.82) is 0 Å². The first-order valence-electron chi connectivity index (χ1n) is 9.14. The summed E-state index contributed by atoms with van der Waals surface area (Å²) in [5.41, 5.74) is 2.70. The van der Waals surface area contributed by atoms with Crippen LogP contribution < -0.4 is 0 Å². The van der Waals surface area contributed by atoms with Gasteiger partial charge >= 0.3 is 0 Å². The fourth-order valence-electron chi connectivity index (χ4n) is 1.71. The van der Waals surface area contributed by atoms with E-state index >= 15 is 0 Å². The largest absolute Gasteiger partial charge is 0.393 e. The zero-order valence-electron chi connectivity index (χ0n) is 17.5.